The molecule has 3 N–H and O–H groups in total. The molecule has 1 aliphatic heterocycles. The Labute approximate surface area is 399 Å². The fraction of sp³-hybridized carbons (Fsp3) is 0.463. The predicted octanol–water partition coefficient (Wildman–Crippen LogP) is 10.6. The molecule has 3 aliphatic rings. The Kier molecular flexibility index (Phi) is 16.4. The van der Waals surface area contributed by atoms with Gasteiger partial charge < -0.3 is 43.5 Å². The average molecular weight is 934 g/mol. The number of anilines is 1. The van der Waals surface area contributed by atoms with E-state index in [1.807, 2.05) is 63.2 Å². The Morgan fingerprint density at radius 3 is 2.41 bits per heavy atom. The van der Waals surface area contributed by atoms with Gasteiger partial charge in [0.1, 0.15) is 34.6 Å². The van der Waals surface area contributed by atoms with Crippen LogP contribution in [-0.2, 0) is 20.9 Å². The topological polar surface area (TPSA) is 167 Å². The van der Waals surface area contributed by atoms with Crippen molar-refractivity contribution in [1.29, 1.82) is 0 Å². The van der Waals surface area contributed by atoms with E-state index in [-0.39, 0.29) is 62.9 Å². The minimum absolute atomic E-state index is 0.0109. The number of aliphatic hydroxyl groups excluding tert-OH is 2. The first-order valence-electron chi connectivity index (χ1n) is 23.8. The molecule has 14 heteroatoms. The summed E-state index contributed by atoms with van der Waals surface area (Å²) in [7, 11) is 3.06. The van der Waals surface area contributed by atoms with Crippen molar-refractivity contribution in [2.45, 2.75) is 103 Å². The first-order chi connectivity index (χ1) is 32.9. The molecule has 1 fully saturated rings. The van der Waals surface area contributed by atoms with Gasteiger partial charge in [-0.2, -0.15) is 0 Å². The first kappa shape index (κ1) is 49.8. The van der Waals surface area contributed by atoms with Gasteiger partial charge >= 0.3 is 12.2 Å². The largest absolute Gasteiger partial charge is 0.497 e. The summed E-state index contributed by atoms with van der Waals surface area (Å²) in [5, 5.41) is 29.8. The molecule has 1 heterocycles. The lowest BCUT2D eigenvalue weighted by Gasteiger charge is -2.60. The van der Waals surface area contributed by atoms with Crippen LogP contribution in [0, 0.1) is 17.8 Å². The van der Waals surface area contributed by atoms with Crippen molar-refractivity contribution in [3.63, 3.8) is 0 Å². The number of methoxy groups -OCH3 is 2. The lowest BCUT2D eigenvalue weighted by Crippen LogP contribution is -2.70. The zero-order valence-electron chi connectivity index (χ0n) is 40.2. The van der Waals surface area contributed by atoms with Gasteiger partial charge in [0.15, 0.2) is 0 Å². The van der Waals surface area contributed by atoms with Crippen LogP contribution < -0.4 is 24.3 Å². The van der Waals surface area contributed by atoms with E-state index in [0.717, 1.165) is 53.2 Å². The summed E-state index contributed by atoms with van der Waals surface area (Å²) in [6, 6.07) is 23.7. The molecule has 6 atom stereocenters. The lowest BCUT2D eigenvalue weighted by molar-refractivity contribution is -0.256. The van der Waals surface area contributed by atoms with Crippen molar-refractivity contribution in [1.82, 2.24) is 4.90 Å². The van der Waals surface area contributed by atoms with Crippen LogP contribution in [0.1, 0.15) is 89.7 Å². The van der Waals surface area contributed by atoms with E-state index < -0.39 is 35.5 Å². The number of unbranched alkanes of at least 4 members (excludes halogenated alkanes) is 2. The van der Waals surface area contributed by atoms with E-state index in [4.69, 9.17) is 38.4 Å². The fourth-order valence-electron chi connectivity index (χ4n) is 10.2. The molecule has 4 aromatic rings. The fourth-order valence-corrected chi connectivity index (χ4v) is 10.2. The second-order valence-electron chi connectivity index (χ2n) is 18.5. The van der Waals surface area contributed by atoms with E-state index in [1.54, 1.807) is 55.3 Å². The molecule has 2 aliphatic carbocycles. The molecule has 364 valence electrons. The molecule has 1 saturated carbocycles. The molecule has 2 amide bonds. The number of hydrogen-bond donors (Lipinski definition) is 3. The van der Waals surface area contributed by atoms with Crippen molar-refractivity contribution in [3.05, 3.63) is 114 Å². The van der Waals surface area contributed by atoms with E-state index in [2.05, 4.69) is 24.0 Å². The smallest absolute Gasteiger partial charge is 0.417 e. The lowest BCUT2D eigenvalue weighted by atomic mass is 9.55. The van der Waals surface area contributed by atoms with E-state index in [0.29, 0.717) is 41.5 Å². The highest BCUT2D eigenvalue weighted by atomic mass is 16.7. The van der Waals surface area contributed by atoms with E-state index >= 15 is 0 Å². The van der Waals surface area contributed by atoms with Crippen LogP contribution in [0.2, 0.25) is 0 Å². The zero-order valence-corrected chi connectivity index (χ0v) is 40.2. The van der Waals surface area contributed by atoms with Gasteiger partial charge in [0.25, 0.3) is 0 Å². The maximum Gasteiger partial charge on any atom is 0.417 e. The predicted molar refractivity (Wildman–Crippen MR) is 262 cm³/mol. The standard InChI is InChI=1S/C54H67N3O11/c1-8-29-65-54-48(57(52(61)64-9-2)34-37-20-16-19-35-17-10-11-21-40(35)37)33-45(56-68-53(3,4)5)42-30-36(18-12-14-27-58)41(22-13-15-28-59)49(50(42)54)43-31-39(24-26-46(43)67-54)66-51(60)55-44-25-23-38(62-6)32-47(44)63-7/h8,10-11,16-17,19-21,23-26,30-32,36,41,48-50,58-59H,1,9,12-15,18,22,27-29,33-34H2,2-7H3,(H,55,60)/t36-,41+,48-,49+,50+,54+/m0/s1. The summed E-state index contributed by atoms with van der Waals surface area (Å²) in [6.07, 6.45) is 7.12. The normalized spacial score (nSPS) is 22.2. The zero-order chi connectivity index (χ0) is 48.4. The van der Waals surface area contributed by atoms with Gasteiger partial charge in [-0.15, -0.1) is 6.58 Å². The Morgan fingerprint density at radius 1 is 0.941 bits per heavy atom. The summed E-state index contributed by atoms with van der Waals surface area (Å²) in [6.45, 7) is 12.2. The molecule has 7 rings (SSSR count). The highest BCUT2D eigenvalue weighted by Crippen LogP contribution is 2.62. The highest BCUT2D eigenvalue weighted by Gasteiger charge is 2.66. The van der Waals surface area contributed by atoms with Crippen LogP contribution in [0.15, 0.2) is 108 Å². The van der Waals surface area contributed by atoms with Crippen LogP contribution in [0.5, 0.6) is 23.0 Å². The number of rotatable bonds is 20. The van der Waals surface area contributed by atoms with Crippen LogP contribution in [0.4, 0.5) is 15.3 Å². The van der Waals surface area contributed by atoms with Crippen LogP contribution in [-0.4, -0.2) is 91.1 Å². The number of hydrogen-bond acceptors (Lipinski definition) is 12. The Bertz CT molecular complexity index is 2460. The van der Waals surface area contributed by atoms with Crippen molar-refractivity contribution < 1.29 is 53.1 Å². The van der Waals surface area contributed by atoms with Gasteiger partial charge in [-0.3, -0.25) is 10.2 Å². The second-order valence-corrected chi connectivity index (χ2v) is 18.5. The molecule has 0 saturated heterocycles. The minimum Gasteiger partial charge on any atom is -0.497 e. The number of allylic oxidation sites excluding steroid dienone is 1. The summed E-state index contributed by atoms with van der Waals surface area (Å²) in [5.41, 5.74) is 2.98. The minimum atomic E-state index is -1.54. The number of benzene rings is 4. The monoisotopic (exact) mass is 933 g/mol. The maximum atomic E-state index is 14.8. The SMILES string of the molecule is C=CCO[C@@]12Oc3ccc(OC(=O)Nc4ccc(OC)cc4OC)cc3[C@H]3[C@H](CCCCO)[C@@H](CCCCO)C=C(C(=NOC(C)(C)C)C[C@@H]1N(Cc1cccc4ccccc14)C(=O)OCC)[C@H]32. The van der Waals surface area contributed by atoms with Gasteiger partial charge in [0.2, 0.25) is 5.79 Å². The number of oxime groups is 1. The second kappa shape index (κ2) is 22.3. The van der Waals surface area contributed by atoms with Gasteiger partial charge in [-0.25, -0.2) is 9.59 Å². The molecule has 0 bridgehead atoms. The summed E-state index contributed by atoms with van der Waals surface area (Å²) >= 11 is 0. The van der Waals surface area contributed by atoms with Crippen molar-refractivity contribution >= 4 is 34.4 Å². The van der Waals surface area contributed by atoms with Gasteiger partial charge in [-0.1, -0.05) is 72.6 Å². The molecule has 14 nitrogen and oxygen atoms in total. The Morgan fingerprint density at radius 2 is 1.69 bits per heavy atom. The number of amides is 2. The maximum absolute atomic E-state index is 14.8. The quantitative estimate of drug-likeness (QED) is 0.0438. The summed E-state index contributed by atoms with van der Waals surface area (Å²) in [5.74, 6) is -0.821. The van der Waals surface area contributed by atoms with Crippen molar-refractivity contribution in [2.24, 2.45) is 22.9 Å². The molecule has 0 radical (unpaired) electrons. The van der Waals surface area contributed by atoms with Gasteiger partial charge in [-0.05, 0) is 117 Å². The third-order valence-electron chi connectivity index (χ3n) is 13.0. The van der Waals surface area contributed by atoms with Crippen LogP contribution in [0.25, 0.3) is 10.8 Å². The summed E-state index contributed by atoms with van der Waals surface area (Å²) in [4.78, 5) is 36.4. The molecule has 0 unspecified atom stereocenters. The number of nitrogens with one attached hydrogen (secondary N) is 1. The average Bonchev–Trinajstić information content (AvgIpc) is 3.33. The number of carbonyl (C=O) groups is 2. The number of aliphatic hydroxyl groups is 2. The molecule has 0 spiro atoms. The van der Waals surface area contributed by atoms with Crippen molar-refractivity contribution in [3.8, 4) is 23.0 Å². The summed E-state index contributed by atoms with van der Waals surface area (Å²) < 4.78 is 37.4. The molecule has 0 aromatic heterocycles. The van der Waals surface area contributed by atoms with Crippen LogP contribution >= 0.6 is 0 Å². The third kappa shape index (κ3) is 10.9. The number of fused-ring (bicyclic) bond motifs is 3. The van der Waals surface area contributed by atoms with Crippen LogP contribution in [0.3, 0.4) is 0 Å². The van der Waals surface area contributed by atoms with Gasteiger partial charge in [0.05, 0.1) is 51.3 Å². The van der Waals surface area contributed by atoms with Crippen molar-refractivity contribution in [2.75, 3.05) is 46.0 Å². The third-order valence-corrected chi connectivity index (χ3v) is 13.0. The first-order valence-corrected chi connectivity index (χ1v) is 23.8. The van der Waals surface area contributed by atoms with Gasteiger partial charge in [0, 0.05) is 37.2 Å². The van der Waals surface area contributed by atoms with E-state index in [1.165, 1.54) is 7.11 Å². The molecule has 68 heavy (non-hydrogen) atoms. The molecule has 4 aromatic carbocycles. The molecular formula is C54H67N3O11. The number of carbonyl (C=O) groups excluding carboxylic acids is 2. The molecular weight excluding hydrogens is 867 g/mol. The highest BCUT2D eigenvalue weighted by molar-refractivity contribution is 6.03. The number of nitrogens with zero attached hydrogens (tertiary/aromatic N) is 2. The Hall–Kier alpha value is -6.09. The Balaban J connectivity index is 1.43. The number of ether oxygens (including phenoxy) is 6. The van der Waals surface area contributed by atoms with E-state index in [9.17, 15) is 19.8 Å².